The number of ether oxygens (including phenoxy) is 1. The Hall–Kier alpha value is -3.22. The van der Waals surface area contributed by atoms with Gasteiger partial charge in [0.15, 0.2) is 5.96 Å². The lowest BCUT2D eigenvalue weighted by atomic mass is 10.2. The summed E-state index contributed by atoms with van der Waals surface area (Å²) in [5.41, 5.74) is 2.19. The van der Waals surface area contributed by atoms with E-state index in [1.165, 1.54) is 0 Å². The van der Waals surface area contributed by atoms with Crippen LogP contribution in [0.15, 0.2) is 59.6 Å². The molecule has 2 N–H and O–H groups in total. The molecule has 1 aliphatic heterocycles. The average Bonchev–Trinajstić information content (AvgIpc) is 2.81. The Bertz CT molecular complexity index is 832. The first kappa shape index (κ1) is 21.5. The molecule has 0 radical (unpaired) electrons. The fourth-order valence-electron chi connectivity index (χ4n) is 3.48. The Morgan fingerprint density at radius 1 is 1.00 bits per heavy atom. The average molecular weight is 410 g/mol. The van der Waals surface area contributed by atoms with Gasteiger partial charge in [-0.1, -0.05) is 42.5 Å². The summed E-state index contributed by atoms with van der Waals surface area (Å²) in [5, 5.41) is 6.24. The summed E-state index contributed by atoms with van der Waals surface area (Å²) in [6.07, 6.45) is 0. The minimum Gasteiger partial charge on any atom is -0.495 e. The first-order chi connectivity index (χ1) is 14.7. The second-order valence-corrected chi connectivity index (χ2v) is 7.08. The quantitative estimate of drug-likeness (QED) is 0.541. The maximum absolute atomic E-state index is 12.2. The van der Waals surface area contributed by atoms with Gasteiger partial charge in [-0.2, -0.15) is 0 Å². The zero-order valence-corrected chi connectivity index (χ0v) is 17.8. The molecule has 0 atom stereocenters. The van der Waals surface area contributed by atoms with E-state index in [0.717, 1.165) is 55.7 Å². The van der Waals surface area contributed by atoms with Gasteiger partial charge in [0.1, 0.15) is 12.3 Å². The number of amides is 1. The molecule has 0 unspecified atom stereocenters. The number of anilines is 1. The highest BCUT2D eigenvalue weighted by molar-refractivity contribution is 5.85. The number of hydrogen-bond donors (Lipinski definition) is 2. The maximum atomic E-state index is 12.2. The number of carbonyl (C=O) groups is 1. The van der Waals surface area contributed by atoms with Crippen LogP contribution in [-0.4, -0.2) is 63.1 Å². The van der Waals surface area contributed by atoms with Crippen molar-refractivity contribution in [2.24, 2.45) is 4.99 Å². The van der Waals surface area contributed by atoms with Gasteiger partial charge in [0.25, 0.3) is 0 Å². The predicted molar refractivity (Wildman–Crippen MR) is 121 cm³/mol. The normalized spacial score (nSPS) is 14.4. The van der Waals surface area contributed by atoms with Gasteiger partial charge in [0.2, 0.25) is 5.91 Å². The van der Waals surface area contributed by atoms with Crippen LogP contribution in [0.3, 0.4) is 0 Å². The Morgan fingerprint density at radius 2 is 1.70 bits per heavy atom. The molecule has 1 amide bonds. The number of carbonyl (C=O) groups excluding carboxylic acids is 1. The SMILES string of the molecule is CCNC(=NCC(=O)NCc1ccccc1)N1CCN(c2ccccc2OC)CC1. The van der Waals surface area contributed by atoms with E-state index in [1.54, 1.807) is 7.11 Å². The largest absolute Gasteiger partial charge is 0.495 e. The lowest BCUT2D eigenvalue weighted by molar-refractivity contribution is -0.119. The van der Waals surface area contributed by atoms with Crippen molar-refractivity contribution in [3.8, 4) is 5.75 Å². The zero-order chi connectivity index (χ0) is 21.2. The van der Waals surface area contributed by atoms with Crippen LogP contribution in [-0.2, 0) is 11.3 Å². The lowest BCUT2D eigenvalue weighted by Gasteiger charge is -2.38. The second kappa shape index (κ2) is 11.1. The lowest BCUT2D eigenvalue weighted by Crippen LogP contribution is -2.52. The van der Waals surface area contributed by atoms with Crippen LogP contribution in [0, 0.1) is 0 Å². The number of nitrogens with zero attached hydrogens (tertiary/aromatic N) is 3. The van der Waals surface area contributed by atoms with Crippen molar-refractivity contribution in [1.82, 2.24) is 15.5 Å². The van der Waals surface area contributed by atoms with E-state index >= 15 is 0 Å². The molecule has 0 saturated carbocycles. The van der Waals surface area contributed by atoms with Gasteiger partial charge in [-0.25, -0.2) is 4.99 Å². The van der Waals surface area contributed by atoms with Gasteiger partial charge in [-0.05, 0) is 24.6 Å². The first-order valence-corrected chi connectivity index (χ1v) is 10.4. The van der Waals surface area contributed by atoms with E-state index in [-0.39, 0.29) is 12.5 Å². The minimum atomic E-state index is -0.0816. The van der Waals surface area contributed by atoms with Gasteiger partial charge in [0.05, 0.1) is 12.8 Å². The molecule has 2 aromatic rings. The van der Waals surface area contributed by atoms with E-state index < -0.39 is 0 Å². The summed E-state index contributed by atoms with van der Waals surface area (Å²) in [5.74, 6) is 1.59. The summed E-state index contributed by atoms with van der Waals surface area (Å²) < 4.78 is 5.50. The van der Waals surface area contributed by atoms with Crippen LogP contribution < -0.4 is 20.3 Å². The number of guanidine groups is 1. The highest BCUT2D eigenvalue weighted by Crippen LogP contribution is 2.28. The first-order valence-electron chi connectivity index (χ1n) is 10.4. The topological polar surface area (TPSA) is 69.2 Å². The molecule has 7 nitrogen and oxygen atoms in total. The number of nitrogens with one attached hydrogen (secondary N) is 2. The van der Waals surface area contributed by atoms with Crippen LogP contribution >= 0.6 is 0 Å². The minimum absolute atomic E-state index is 0.0816. The summed E-state index contributed by atoms with van der Waals surface area (Å²) in [4.78, 5) is 21.3. The molecule has 160 valence electrons. The predicted octanol–water partition coefficient (Wildman–Crippen LogP) is 2.10. The molecular formula is C23H31N5O2. The number of para-hydroxylation sites is 2. The molecule has 1 saturated heterocycles. The smallest absolute Gasteiger partial charge is 0.242 e. The fourth-order valence-corrected chi connectivity index (χ4v) is 3.48. The Labute approximate surface area is 178 Å². The number of aliphatic imine (C=N–C) groups is 1. The van der Waals surface area contributed by atoms with Crippen molar-refractivity contribution < 1.29 is 9.53 Å². The molecule has 3 rings (SSSR count). The third-order valence-electron chi connectivity index (χ3n) is 5.04. The van der Waals surface area contributed by atoms with Crippen molar-refractivity contribution in [2.45, 2.75) is 13.5 Å². The molecule has 1 heterocycles. The molecule has 1 fully saturated rings. The molecule has 0 aromatic heterocycles. The Kier molecular flexibility index (Phi) is 7.94. The van der Waals surface area contributed by atoms with Crippen molar-refractivity contribution in [3.63, 3.8) is 0 Å². The van der Waals surface area contributed by atoms with Crippen LogP contribution in [0.2, 0.25) is 0 Å². The molecule has 2 aromatic carbocycles. The number of hydrogen-bond acceptors (Lipinski definition) is 4. The molecule has 1 aliphatic rings. The monoisotopic (exact) mass is 409 g/mol. The van der Waals surface area contributed by atoms with Gasteiger partial charge in [-0.15, -0.1) is 0 Å². The van der Waals surface area contributed by atoms with Crippen LogP contribution in [0.5, 0.6) is 5.75 Å². The summed E-state index contributed by atoms with van der Waals surface area (Å²) in [6.45, 7) is 6.82. The summed E-state index contributed by atoms with van der Waals surface area (Å²) in [6, 6.07) is 18.0. The number of rotatable bonds is 7. The van der Waals surface area contributed by atoms with Gasteiger partial charge < -0.3 is 25.2 Å². The number of piperazine rings is 1. The Balaban J connectivity index is 1.54. The van der Waals surface area contributed by atoms with Gasteiger partial charge >= 0.3 is 0 Å². The maximum Gasteiger partial charge on any atom is 0.242 e. The van der Waals surface area contributed by atoms with Gasteiger partial charge in [0, 0.05) is 39.3 Å². The van der Waals surface area contributed by atoms with Crippen molar-refractivity contribution in [3.05, 3.63) is 60.2 Å². The number of benzene rings is 2. The number of methoxy groups -OCH3 is 1. The van der Waals surface area contributed by atoms with E-state index in [4.69, 9.17) is 4.74 Å². The highest BCUT2D eigenvalue weighted by atomic mass is 16.5. The van der Waals surface area contributed by atoms with E-state index in [2.05, 4.69) is 31.5 Å². The second-order valence-electron chi connectivity index (χ2n) is 7.08. The van der Waals surface area contributed by atoms with Crippen LogP contribution in [0.1, 0.15) is 12.5 Å². The highest BCUT2D eigenvalue weighted by Gasteiger charge is 2.21. The Morgan fingerprint density at radius 3 is 2.40 bits per heavy atom. The molecule has 7 heteroatoms. The summed E-state index contributed by atoms with van der Waals surface area (Å²) in [7, 11) is 1.70. The molecule has 30 heavy (non-hydrogen) atoms. The van der Waals surface area contributed by atoms with Crippen molar-refractivity contribution >= 4 is 17.6 Å². The van der Waals surface area contributed by atoms with Crippen molar-refractivity contribution in [1.29, 1.82) is 0 Å². The molecular weight excluding hydrogens is 378 g/mol. The zero-order valence-electron chi connectivity index (χ0n) is 17.8. The third-order valence-corrected chi connectivity index (χ3v) is 5.04. The van der Waals surface area contributed by atoms with E-state index in [9.17, 15) is 4.79 Å². The molecule has 0 aliphatic carbocycles. The van der Waals surface area contributed by atoms with Crippen LogP contribution in [0.4, 0.5) is 5.69 Å². The van der Waals surface area contributed by atoms with Gasteiger partial charge in [-0.3, -0.25) is 4.79 Å². The molecule has 0 spiro atoms. The molecule has 0 bridgehead atoms. The standard InChI is InChI=1S/C23H31N5O2/c1-3-24-23(26-18-22(29)25-17-19-9-5-4-6-10-19)28-15-13-27(14-16-28)20-11-7-8-12-21(20)30-2/h4-12H,3,13-18H2,1-2H3,(H,24,26)(H,25,29). The van der Waals surface area contributed by atoms with Crippen LogP contribution in [0.25, 0.3) is 0 Å². The van der Waals surface area contributed by atoms with Crippen molar-refractivity contribution in [2.75, 3.05) is 51.3 Å². The van der Waals surface area contributed by atoms with E-state index in [1.807, 2.05) is 55.5 Å². The van der Waals surface area contributed by atoms with E-state index in [0.29, 0.717) is 6.54 Å². The summed E-state index contributed by atoms with van der Waals surface area (Å²) >= 11 is 0. The fraction of sp³-hybridized carbons (Fsp3) is 0.391. The third kappa shape index (κ3) is 5.89.